The molecule has 31 heavy (non-hydrogen) atoms. The van der Waals surface area contributed by atoms with Crippen molar-refractivity contribution in [3.8, 4) is 0 Å². The van der Waals surface area contributed by atoms with Crippen LogP contribution in [0.15, 0.2) is 29.5 Å². The highest BCUT2D eigenvalue weighted by atomic mass is 19.1. The summed E-state index contributed by atoms with van der Waals surface area (Å²) >= 11 is 0. The Balaban J connectivity index is 1.47. The molecule has 2 aliphatic heterocycles. The maximum Gasteiger partial charge on any atom is 0.265 e. The maximum atomic E-state index is 13.9. The van der Waals surface area contributed by atoms with Gasteiger partial charge in [0.15, 0.2) is 5.82 Å². The van der Waals surface area contributed by atoms with Crippen molar-refractivity contribution in [2.75, 3.05) is 24.7 Å². The number of ether oxygens (including phenoxy) is 1. The van der Waals surface area contributed by atoms with Gasteiger partial charge < -0.3 is 15.0 Å². The summed E-state index contributed by atoms with van der Waals surface area (Å²) in [4.78, 5) is 28.3. The molecule has 5 rings (SSSR count). The maximum absolute atomic E-state index is 13.9. The van der Waals surface area contributed by atoms with Gasteiger partial charge in [0.1, 0.15) is 23.5 Å². The molecule has 1 amide bonds. The van der Waals surface area contributed by atoms with Gasteiger partial charge in [0.2, 0.25) is 0 Å². The van der Waals surface area contributed by atoms with Gasteiger partial charge in [0.05, 0.1) is 5.69 Å². The average molecular weight is 423 g/mol. The van der Waals surface area contributed by atoms with E-state index in [0.717, 1.165) is 43.5 Å². The molecule has 0 radical (unpaired) electrons. The fourth-order valence-electron chi connectivity index (χ4n) is 4.54. The molecule has 0 bridgehead atoms. The van der Waals surface area contributed by atoms with Crippen molar-refractivity contribution in [2.45, 2.75) is 51.0 Å². The lowest BCUT2D eigenvalue weighted by atomic mass is 9.99. The molecule has 0 unspecified atom stereocenters. The van der Waals surface area contributed by atoms with Crippen LogP contribution >= 0.6 is 0 Å². The fraction of sp³-hybridized carbons (Fsp3) is 0.478. The first-order chi connectivity index (χ1) is 15.0. The number of nitrogens with one attached hydrogen (secondary N) is 1. The van der Waals surface area contributed by atoms with Crippen molar-refractivity contribution in [1.29, 1.82) is 0 Å². The summed E-state index contributed by atoms with van der Waals surface area (Å²) in [6.45, 7) is 5.63. The van der Waals surface area contributed by atoms with E-state index in [1.54, 1.807) is 13.0 Å². The number of fused-ring (bicyclic) bond motifs is 2. The third-order valence-corrected chi connectivity index (χ3v) is 6.54. The van der Waals surface area contributed by atoms with E-state index in [0.29, 0.717) is 36.1 Å². The minimum atomic E-state index is -0.218. The predicted octanol–water partition coefficient (Wildman–Crippen LogP) is 3.50. The third kappa shape index (κ3) is 3.69. The molecule has 1 aromatic carbocycles. The van der Waals surface area contributed by atoms with E-state index in [4.69, 9.17) is 4.74 Å². The summed E-state index contributed by atoms with van der Waals surface area (Å²) in [5.74, 6) is 0.246. The van der Waals surface area contributed by atoms with Crippen molar-refractivity contribution in [3.05, 3.63) is 41.6 Å². The predicted molar refractivity (Wildman–Crippen MR) is 116 cm³/mol. The molecule has 1 N–H and O–H groups in total. The number of carbonyl (C=O) groups excluding carboxylic acids is 1. The fourth-order valence-corrected chi connectivity index (χ4v) is 4.54. The monoisotopic (exact) mass is 423 g/mol. The number of hydrogen-bond acceptors (Lipinski definition) is 6. The van der Waals surface area contributed by atoms with Crippen LogP contribution in [0.1, 0.15) is 43.9 Å². The second-order valence-corrected chi connectivity index (χ2v) is 8.72. The van der Waals surface area contributed by atoms with Crippen LogP contribution in [0.2, 0.25) is 0 Å². The van der Waals surface area contributed by atoms with Crippen LogP contribution in [0.25, 0.3) is 0 Å². The van der Waals surface area contributed by atoms with Crippen molar-refractivity contribution in [2.24, 2.45) is 4.99 Å². The summed E-state index contributed by atoms with van der Waals surface area (Å²) in [6.07, 6.45) is 5.20. The van der Waals surface area contributed by atoms with Crippen LogP contribution < -0.4 is 10.2 Å². The molecule has 1 aliphatic carbocycles. The Hall–Kier alpha value is -2.87. The summed E-state index contributed by atoms with van der Waals surface area (Å²) in [7, 11) is 0. The number of halogens is 1. The van der Waals surface area contributed by atoms with Crippen molar-refractivity contribution < 1.29 is 13.9 Å². The first-order valence-corrected chi connectivity index (χ1v) is 10.8. The molecule has 1 spiro atoms. The number of anilines is 2. The molecule has 2 fully saturated rings. The molecule has 0 atom stereocenters. The summed E-state index contributed by atoms with van der Waals surface area (Å²) < 4.78 is 19.3. The van der Waals surface area contributed by atoms with Crippen LogP contribution in [-0.2, 0) is 14.9 Å². The van der Waals surface area contributed by atoms with Crippen LogP contribution in [-0.4, -0.2) is 47.4 Å². The molecular weight excluding hydrogens is 397 g/mol. The first kappa shape index (κ1) is 20.1. The normalized spacial score (nSPS) is 20.1. The lowest BCUT2D eigenvalue weighted by Gasteiger charge is -2.23. The summed E-state index contributed by atoms with van der Waals surface area (Å²) in [5, 5.41) is 3.05. The van der Waals surface area contributed by atoms with Gasteiger partial charge in [-0.25, -0.2) is 19.4 Å². The highest BCUT2D eigenvalue weighted by molar-refractivity contribution is 6.38. The Morgan fingerprint density at radius 3 is 2.81 bits per heavy atom. The van der Waals surface area contributed by atoms with Gasteiger partial charge in [0.25, 0.3) is 5.91 Å². The Morgan fingerprint density at radius 2 is 2.06 bits per heavy atom. The number of carbonyl (C=O) groups is 1. The van der Waals surface area contributed by atoms with E-state index < -0.39 is 0 Å². The number of rotatable bonds is 4. The van der Waals surface area contributed by atoms with Crippen LogP contribution in [0, 0.1) is 12.7 Å². The van der Waals surface area contributed by atoms with E-state index in [1.165, 1.54) is 12.4 Å². The number of aliphatic imine (C=N–C) groups is 1. The molecule has 1 saturated carbocycles. The van der Waals surface area contributed by atoms with E-state index in [2.05, 4.69) is 25.2 Å². The van der Waals surface area contributed by atoms with E-state index in [1.807, 2.05) is 13.0 Å². The highest BCUT2D eigenvalue weighted by Gasteiger charge is 2.52. The first-order valence-electron chi connectivity index (χ1n) is 10.8. The minimum Gasteiger partial charge on any atom is -0.381 e. The van der Waals surface area contributed by atoms with Gasteiger partial charge in [-0.15, -0.1) is 0 Å². The number of hydrogen-bond donors (Lipinski definition) is 1. The number of nitrogens with zero attached hydrogens (tertiary/aromatic N) is 4. The average Bonchev–Trinajstić information content (AvgIpc) is 3.48. The molecule has 7 nitrogen and oxygen atoms in total. The molecule has 162 valence electrons. The lowest BCUT2D eigenvalue weighted by Crippen LogP contribution is -2.41. The molecule has 2 aromatic rings. The largest absolute Gasteiger partial charge is 0.381 e. The van der Waals surface area contributed by atoms with Crippen LogP contribution in [0.3, 0.4) is 0 Å². The van der Waals surface area contributed by atoms with E-state index in [9.17, 15) is 9.18 Å². The lowest BCUT2D eigenvalue weighted by molar-refractivity contribution is -0.116. The zero-order valence-corrected chi connectivity index (χ0v) is 17.8. The van der Waals surface area contributed by atoms with E-state index >= 15 is 0 Å². The quantitative estimate of drug-likeness (QED) is 0.762. The summed E-state index contributed by atoms with van der Waals surface area (Å²) in [6, 6.07) is 5.05. The topological polar surface area (TPSA) is 79.7 Å². The van der Waals surface area contributed by atoms with Crippen LogP contribution in [0.5, 0.6) is 0 Å². The Morgan fingerprint density at radius 1 is 1.29 bits per heavy atom. The van der Waals surface area contributed by atoms with Gasteiger partial charge in [-0.3, -0.25) is 4.79 Å². The number of aromatic nitrogens is 2. The standard InChI is InChI=1S/C23H26FN5O2/c1-14-20(27-15(2)22(30)28-17-5-9-31-10-6-17)21(26-13-25-14)29-12-23(7-8-23)18-11-16(24)3-4-19(18)29/h3-4,11,13,17H,5-10,12H2,1-2H3,(H,28,30). The number of aryl methyl sites for hydroxylation is 1. The Labute approximate surface area is 180 Å². The number of amides is 1. The molecule has 8 heteroatoms. The van der Waals surface area contributed by atoms with Gasteiger partial charge >= 0.3 is 0 Å². The second kappa shape index (κ2) is 7.67. The Bertz CT molecular complexity index is 1060. The highest BCUT2D eigenvalue weighted by Crippen LogP contribution is 2.58. The number of benzene rings is 1. The molecule has 3 aliphatic rings. The van der Waals surface area contributed by atoms with Gasteiger partial charge in [-0.05, 0) is 63.3 Å². The SMILES string of the molecule is CC(=Nc1c(C)ncnc1N1CC2(CC2)c2cc(F)ccc21)C(=O)NC1CCOCC1. The van der Waals surface area contributed by atoms with Crippen molar-refractivity contribution in [3.63, 3.8) is 0 Å². The summed E-state index contributed by atoms with van der Waals surface area (Å²) in [5.41, 5.74) is 3.63. The third-order valence-electron chi connectivity index (χ3n) is 6.54. The van der Waals surface area contributed by atoms with Gasteiger partial charge in [0, 0.05) is 36.9 Å². The Kier molecular flexibility index (Phi) is 4.97. The minimum absolute atomic E-state index is 0.00720. The van der Waals surface area contributed by atoms with Gasteiger partial charge in [-0.1, -0.05) is 0 Å². The molecular formula is C23H26FN5O2. The second-order valence-electron chi connectivity index (χ2n) is 8.72. The molecule has 3 heterocycles. The van der Waals surface area contributed by atoms with Crippen molar-refractivity contribution >= 4 is 28.8 Å². The van der Waals surface area contributed by atoms with Crippen molar-refractivity contribution in [1.82, 2.24) is 15.3 Å². The smallest absolute Gasteiger partial charge is 0.265 e. The van der Waals surface area contributed by atoms with Gasteiger partial charge in [-0.2, -0.15) is 0 Å². The van der Waals surface area contributed by atoms with E-state index in [-0.39, 0.29) is 23.2 Å². The zero-order chi connectivity index (χ0) is 21.6. The van der Waals surface area contributed by atoms with Crippen LogP contribution in [0.4, 0.5) is 21.6 Å². The molecule has 1 saturated heterocycles. The molecule has 1 aromatic heterocycles. The zero-order valence-electron chi connectivity index (χ0n) is 17.8.